The molecule has 2 aromatic rings. The number of benzene rings is 1. The van der Waals surface area contributed by atoms with E-state index in [-0.39, 0.29) is 6.04 Å². The molecule has 0 fully saturated rings. The number of halogens is 1. The summed E-state index contributed by atoms with van der Waals surface area (Å²) >= 11 is 3.44. The first-order chi connectivity index (χ1) is 9.67. The Labute approximate surface area is 128 Å². The summed E-state index contributed by atoms with van der Waals surface area (Å²) in [5, 5.41) is 7.88. The molecule has 0 saturated heterocycles. The van der Waals surface area contributed by atoms with Gasteiger partial charge in [0.05, 0.1) is 23.5 Å². The van der Waals surface area contributed by atoms with E-state index in [0.717, 1.165) is 34.4 Å². The Bertz CT molecular complexity index is 568. The first-order valence-electron chi connectivity index (χ1n) is 6.78. The molecular weight excluding hydrogens is 318 g/mol. The lowest BCUT2D eigenvalue weighted by Crippen LogP contribution is -2.21. The SMILES string of the molecule is CCCNC(C)c1c(OC)cccc1-n1cc(Br)cn1. The maximum atomic E-state index is 5.52. The van der Waals surface area contributed by atoms with E-state index in [0.29, 0.717) is 0 Å². The minimum absolute atomic E-state index is 0.198. The number of hydrogen-bond acceptors (Lipinski definition) is 3. The van der Waals surface area contributed by atoms with Gasteiger partial charge in [0.25, 0.3) is 0 Å². The molecule has 1 heterocycles. The van der Waals surface area contributed by atoms with Crippen molar-refractivity contribution in [2.24, 2.45) is 0 Å². The molecule has 0 bridgehead atoms. The predicted octanol–water partition coefficient (Wildman–Crippen LogP) is 3.70. The molecule has 1 atom stereocenters. The second-order valence-electron chi connectivity index (χ2n) is 4.67. The van der Waals surface area contributed by atoms with E-state index in [1.54, 1.807) is 13.3 Å². The average Bonchev–Trinajstić information content (AvgIpc) is 2.90. The molecule has 5 heteroatoms. The fraction of sp³-hybridized carbons (Fsp3) is 0.400. The van der Waals surface area contributed by atoms with Crippen molar-refractivity contribution in [3.05, 3.63) is 40.6 Å². The number of nitrogens with one attached hydrogen (secondary N) is 1. The van der Waals surface area contributed by atoms with E-state index < -0.39 is 0 Å². The molecule has 0 radical (unpaired) electrons. The van der Waals surface area contributed by atoms with Crippen LogP contribution in [0.2, 0.25) is 0 Å². The molecule has 20 heavy (non-hydrogen) atoms. The van der Waals surface area contributed by atoms with Crippen LogP contribution < -0.4 is 10.1 Å². The molecule has 0 spiro atoms. The highest BCUT2D eigenvalue weighted by Gasteiger charge is 2.17. The Morgan fingerprint density at radius 3 is 2.85 bits per heavy atom. The van der Waals surface area contributed by atoms with Crippen molar-refractivity contribution < 1.29 is 4.74 Å². The molecule has 4 nitrogen and oxygen atoms in total. The van der Waals surface area contributed by atoms with Crippen LogP contribution in [-0.4, -0.2) is 23.4 Å². The van der Waals surface area contributed by atoms with Gasteiger partial charge in [0, 0.05) is 17.8 Å². The van der Waals surface area contributed by atoms with Gasteiger partial charge in [-0.3, -0.25) is 0 Å². The quantitative estimate of drug-likeness (QED) is 0.873. The van der Waals surface area contributed by atoms with Crippen molar-refractivity contribution in [1.29, 1.82) is 0 Å². The van der Waals surface area contributed by atoms with Gasteiger partial charge in [0.2, 0.25) is 0 Å². The zero-order chi connectivity index (χ0) is 14.5. The summed E-state index contributed by atoms with van der Waals surface area (Å²) in [6, 6.07) is 6.23. The maximum Gasteiger partial charge on any atom is 0.125 e. The smallest absolute Gasteiger partial charge is 0.125 e. The molecule has 0 aliphatic carbocycles. The zero-order valence-electron chi connectivity index (χ0n) is 12.1. The standard InChI is InChI=1S/C15H20BrN3O/c1-4-8-17-11(2)15-13(6-5-7-14(15)20-3)19-10-12(16)9-18-19/h5-7,9-11,17H,4,8H2,1-3H3. The average molecular weight is 338 g/mol. The van der Waals surface area contributed by atoms with Gasteiger partial charge in [-0.1, -0.05) is 13.0 Å². The number of ether oxygens (including phenoxy) is 1. The van der Waals surface area contributed by atoms with Crippen molar-refractivity contribution in [2.45, 2.75) is 26.3 Å². The number of methoxy groups -OCH3 is 1. The third-order valence-electron chi connectivity index (χ3n) is 3.19. The summed E-state index contributed by atoms with van der Waals surface area (Å²) in [6.45, 7) is 5.28. The molecule has 1 N–H and O–H groups in total. The van der Waals surface area contributed by atoms with Gasteiger partial charge in [0.15, 0.2) is 0 Å². The van der Waals surface area contributed by atoms with E-state index in [9.17, 15) is 0 Å². The van der Waals surface area contributed by atoms with E-state index in [4.69, 9.17) is 4.74 Å². The van der Waals surface area contributed by atoms with E-state index in [1.807, 2.05) is 23.0 Å². The molecule has 0 amide bonds. The van der Waals surface area contributed by atoms with Crippen LogP contribution in [0.1, 0.15) is 31.9 Å². The fourth-order valence-corrected chi connectivity index (χ4v) is 2.53. The third kappa shape index (κ3) is 3.22. The van der Waals surface area contributed by atoms with Crippen molar-refractivity contribution >= 4 is 15.9 Å². The Balaban J connectivity index is 2.45. The summed E-state index contributed by atoms with van der Waals surface area (Å²) in [7, 11) is 1.70. The summed E-state index contributed by atoms with van der Waals surface area (Å²) < 4.78 is 8.35. The van der Waals surface area contributed by atoms with Crippen LogP contribution in [0.25, 0.3) is 5.69 Å². The van der Waals surface area contributed by atoms with Gasteiger partial charge < -0.3 is 10.1 Å². The Morgan fingerprint density at radius 2 is 2.25 bits per heavy atom. The van der Waals surface area contributed by atoms with Gasteiger partial charge in [-0.2, -0.15) is 5.10 Å². The highest BCUT2D eigenvalue weighted by molar-refractivity contribution is 9.10. The second kappa shape index (κ2) is 6.90. The van der Waals surface area contributed by atoms with Crippen molar-refractivity contribution in [3.63, 3.8) is 0 Å². The normalized spacial score (nSPS) is 12.4. The molecule has 1 aromatic carbocycles. The number of nitrogens with zero attached hydrogens (tertiary/aromatic N) is 2. The maximum absolute atomic E-state index is 5.52. The molecule has 0 saturated carbocycles. The van der Waals surface area contributed by atoms with E-state index >= 15 is 0 Å². The molecule has 108 valence electrons. The molecule has 2 rings (SSSR count). The molecular formula is C15H20BrN3O. The number of aromatic nitrogens is 2. The monoisotopic (exact) mass is 337 g/mol. The molecule has 0 aliphatic rings. The van der Waals surface area contributed by atoms with Crippen LogP contribution in [0.3, 0.4) is 0 Å². The van der Waals surface area contributed by atoms with E-state index in [1.165, 1.54) is 0 Å². The van der Waals surface area contributed by atoms with Crippen LogP contribution in [0.4, 0.5) is 0 Å². The summed E-state index contributed by atoms with van der Waals surface area (Å²) in [6.07, 6.45) is 4.83. The third-order valence-corrected chi connectivity index (χ3v) is 3.60. The highest BCUT2D eigenvalue weighted by atomic mass is 79.9. The van der Waals surface area contributed by atoms with Gasteiger partial charge in [-0.15, -0.1) is 0 Å². The van der Waals surface area contributed by atoms with Gasteiger partial charge >= 0.3 is 0 Å². The minimum atomic E-state index is 0.198. The van der Waals surface area contributed by atoms with Crippen molar-refractivity contribution in [3.8, 4) is 11.4 Å². The first-order valence-corrected chi connectivity index (χ1v) is 7.57. The van der Waals surface area contributed by atoms with Gasteiger partial charge in [0.1, 0.15) is 5.75 Å². The lowest BCUT2D eigenvalue weighted by atomic mass is 10.0. The summed E-state index contributed by atoms with van der Waals surface area (Å²) in [5.74, 6) is 0.880. The summed E-state index contributed by atoms with van der Waals surface area (Å²) in [4.78, 5) is 0. The predicted molar refractivity (Wildman–Crippen MR) is 84.5 cm³/mol. The molecule has 1 unspecified atom stereocenters. The first kappa shape index (κ1) is 15.1. The second-order valence-corrected chi connectivity index (χ2v) is 5.59. The van der Waals surface area contributed by atoms with Crippen LogP contribution in [0, 0.1) is 0 Å². The Hall–Kier alpha value is -1.33. The largest absolute Gasteiger partial charge is 0.496 e. The topological polar surface area (TPSA) is 39.1 Å². The Kier molecular flexibility index (Phi) is 5.20. The zero-order valence-corrected chi connectivity index (χ0v) is 13.6. The molecule has 1 aromatic heterocycles. The Morgan fingerprint density at radius 1 is 1.45 bits per heavy atom. The van der Waals surface area contributed by atoms with Crippen LogP contribution in [0.5, 0.6) is 5.75 Å². The highest BCUT2D eigenvalue weighted by Crippen LogP contribution is 2.31. The lowest BCUT2D eigenvalue weighted by molar-refractivity contribution is 0.401. The van der Waals surface area contributed by atoms with Crippen molar-refractivity contribution in [1.82, 2.24) is 15.1 Å². The minimum Gasteiger partial charge on any atom is -0.496 e. The van der Waals surface area contributed by atoms with Crippen molar-refractivity contribution in [2.75, 3.05) is 13.7 Å². The van der Waals surface area contributed by atoms with E-state index in [2.05, 4.69) is 46.3 Å². The van der Waals surface area contributed by atoms with Gasteiger partial charge in [-0.05, 0) is 48.0 Å². The summed E-state index contributed by atoms with van der Waals surface area (Å²) in [5.41, 5.74) is 2.16. The fourth-order valence-electron chi connectivity index (χ4n) is 2.24. The van der Waals surface area contributed by atoms with Crippen LogP contribution >= 0.6 is 15.9 Å². The molecule has 0 aliphatic heterocycles. The van der Waals surface area contributed by atoms with Crippen LogP contribution in [0.15, 0.2) is 35.1 Å². The van der Waals surface area contributed by atoms with Crippen LogP contribution in [-0.2, 0) is 0 Å². The number of rotatable bonds is 6. The van der Waals surface area contributed by atoms with Gasteiger partial charge in [-0.25, -0.2) is 4.68 Å². The lowest BCUT2D eigenvalue weighted by Gasteiger charge is -2.20. The number of hydrogen-bond donors (Lipinski definition) is 1.